The summed E-state index contributed by atoms with van der Waals surface area (Å²) in [5, 5.41) is 6.47. The molecule has 0 saturated heterocycles. The Bertz CT molecular complexity index is 1080. The number of hydrogen-bond acceptors (Lipinski definition) is 5. The molecule has 9 heteroatoms. The van der Waals surface area contributed by atoms with Crippen molar-refractivity contribution in [3.8, 4) is 5.75 Å². The minimum atomic E-state index is -0.398. The number of halogens is 1. The third-order valence-electron chi connectivity index (χ3n) is 4.15. The molecule has 0 unspecified atom stereocenters. The lowest BCUT2D eigenvalue weighted by atomic mass is 10.2. The predicted octanol–water partition coefficient (Wildman–Crippen LogP) is 3.39. The number of carbonyl (C=O) groups is 3. The van der Waals surface area contributed by atoms with Crippen molar-refractivity contribution in [2.45, 2.75) is 0 Å². The summed E-state index contributed by atoms with van der Waals surface area (Å²) in [4.78, 5) is 37.9. The highest BCUT2D eigenvalue weighted by Gasteiger charge is 2.17. The third-order valence-corrected chi connectivity index (χ3v) is 5.82. The molecule has 0 spiro atoms. The smallest absolute Gasteiger partial charge is 0.263 e. The predicted molar refractivity (Wildman–Crippen MR) is 118 cm³/mol. The van der Waals surface area contributed by atoms with Gasteiger partial charge in [-0.05, 0) is 30.3 Å². The summed E-state index contributed by atoms with van der Waals surface area (Å²) in [5.74, 6) is -0.416. The van der Waals surface area contributed by atoms with Crippen LogP contribution >= 0.6 is 22.9 Å². The Kier molecular flexibility index (Phi) is 6.91. The summed E-state index contributed by atoms with van der Waals surface area (Å²) in [6.07, 6.45) is 0. The second kappa shape index (κ2) is 9.60. The maximum atomic E-state index is 12.4. The third kappa shape index (κ3) is 5.28. The second-order valence-electron chi connectivity index (χ2n) is 6.57. The Morgan fingerprint density at radius 1 is 1.07 bits per heavy atom. The van der Waals surface area contributed by atoms with E-state index in [1.807, 2.05) is 24.3 Å². The van der Waals surface area contributed by atoms with Crippen LogP contribution in [-0.4, -0.2) is 49.9 Å². The van der Waals surface area contributed by atoms with Crippen LogP contribution in [-0.2, 0) is 9.59 Å². The second-order valence-corrected chi connectivity index (χ2v) is 8.00. The molecule has 0 radical (unpaired) electrons. The molecule has 0 saturated carbocycles. The molecule has 2 aromatic carbocycles. The van der Waals surface area contributed by atoms with Crippen molar-refractivity contribution in [2.75, 3.05) is 32.6 Å². The molecule has 0 aliphatic rings. The van der Waals surface area contributed by atoms with Gasteiger partial charge >= 0.3 is 0 Å². The standard InChI is InChI=1S/C21H20ClN3O4S/c1-25(2)18(27)12-29-14-9-7-13(8-10-14)24-17(26)11-23-21(28)20-19(22)15-5-3-4-6-16(15)30-20/h3-10H,11-12H2,1-2H3,(H,23,28)(H,24,26). The maximum absolute atomic E-state index is 12.4. The summed E-state index contributed by atoms with van der Waals surface area (Å²) in [6.45, 7) is -0.260. The lowest BCUT2D eigenvalue weighted by molar-refractivity contribution is -0.130. The molecule has 0 aliphatic heterocycles. The molecule has 1 aromatic heterocycles. The summed E-state index contributed by atoms with van der Waals surface area (Å²) in [6, 6.07) is 14.1. The molecular weight excluding hydrogens is 426 g/mol. The van der Waals surface area contributed by atoms with Crippen LogP contribution in [0.2, 0.25) is 5.02 Å². The van der Waals surface area contributed by atoms with Crippen LogP contribution in [0.5, 0.6) is 5.75 Å². The molecule has 3 aromatic rings. The summed E-state index contributed by atoms with van der Waals surface area (Å²) < 4.78 is 6.29. The van der Waals surface area contributed by atoms with Crippen molar-refractivity contribution in [1.29, 1.82) is 0 Å². The molecular formula is C21H20ClN3O4S. The quantitative estimate of drug-likeness (QED) is 0.583. The average Bonchev–Trinajstić information content (AvgIpc) is 3.08. The number of thiophene rings is 1. The van der Waals surface area contributed by atoms with Crippen molar-refractivity contribution in [1.82, 2.24) is 10.2 Å². The van der Waals surface area contributed by atoms with Crippen molar-refractivity contribution >= 4 is 56.4 Å². The molecule has 0 fully saturated rings. The van der Waals surface area contributed by atoms with Crippen LogP contribution in [0.4, 0.5) is 5.69 Å². The van der Waals surface area contributed by atoms with Crippen LogP contribution in [0.3, 0.4) is 0 Å². The molecule has 30 heavy (non-hydrogen) atoms. The van der Waals surface area contributed by atoms with E-state index in [1.165, 1.54) is 16.2 Å². The SMILES string of the molecule is CN(C)C(=O)COc1ccc(NC(=O)CNC(=O)c2sc3ccccc3c2Cl)cc1. The minimum Gasteiger partial charge on any atom is -0.484 e. The Labute approximate surface area is 182 Å². The van der Waals surface area contributed by atoms with Gasteiger partial charge in [0.05, 0.1) is 11.6 Å². The fourth-order valence-electron chi connectivity index (χ4n) is 2.51. The number of amides is 3. The van der Waals surface area contributed by atoms with Crippen LogP contribution in [0.15, 0.2) is 48.5 Å². The van der Waals surface area contributed by atoms with Crippen molar-refractivity contribution in [3.05, 3.63) is 58.4 Å². The normalized spacial score (nSPS) is 10.5. The molecule has 1 heterocycles. The number of rotatable bonds is 7. The fourth-order valence-corrected chi connectivity index (χ4v) is 3.95. The molecule has 2 N–H and O–H groups in total. The Balaban J connectivity index is 1.51. The van der Waals surface area contributed by atoms with Crippen LogP contribution < -0.4 is 15.4 Å². The van der Waals surface area contributed by atoms with Gasteiger partial charge < -0.3 is 20.3 Å². The minimum absolute atomic E-state index is 0.0645. The molecule has 7 nitrogen and oxygen atoms in total. The monoisotopic (exact) mass is 445 g/mol. The van der Waals surface area contributed by atoms with Crippen LogP contribution in [0, 0.1) is 0 Å². The maximum Gasteiger partial charge on any atom is 0.263 e. The van der Waals surface area contributed by atoms with Gasteiger partial charge in [-0.25, -0.2) is 0 Å². The number of hydrogen-bond donors (Lipinski definition) is 2. The van der Waals surface area contributed by atoms with Gasteiger partial charge in [-0.2, -0.15) is 0 Å². The van der Waals surface area contributed by atoms with E-state index >= 15 is 0 Å². The Morgan fingerprint density at radius 2 is 1.77 bits per heavy atom. The number of benzene rings is 2. The van der Waals surface area contributed by atoms with Gasteiger partial charge in [0.2, 0.25) is 5.91 Å². The molecule has 0 atom stereocenters. The van der Waals surface area contributed by atoms with Gasteiger partial charge in [0.25, 0.3) is 11.8 Å². The molecule has 3 amide bonds. The lowest BCUT2D eigenvalue weighted by Crippen LogP contribution is -2.32. The first-order valence-corrected chi connectivity index (χ1v) is 10.2. The van der Waals surface area contributed by atoms with Gasteiger partial charge in [0.15, 0.2) is 6.61 Å². The van der Waals surface area contributed by atoms with Gasteiger partial charge in [-0.1, -0.05) is 29.8 Å². The van der Waals surface area contributed by atoms with E-state index in [9.17, 15) is 14.4 Å². The topological polar surface area (TPSA) is 87.7 Å². The summed E-state index contributed by atoms with van der Waals surface area (Å²) in [5.41, 5.74) is 0.542. The van der Waals surface area contributed by atoms with Crippen LogP contribution in [0.1, 0.15) is 9.67 Å². The highest BCUT2D eigenvalue weighted by Crippen LogP contribution is 2.34. The van der Waals surface area contributed by atoms with E-state index in [0.29, 0.717) is 21.3 Å². The van der Waals surface area contributed by atoms with E-state index < -0.39 is 5.91 Å². The Hall–Kier alpha value is -3.10. The number of nitrogens with zero attached hydrogens (tertiary/aromatic N) is 1. The first-order valence-electron chi connectivity index (χ1n) is 9.03. The van der Waals surface area contributed by atoms with Crippen LogP contribution in [0.25, 0.3) is 10.1 Å². The van der Waals surface area contributed by atoms with Gasteiger partial charge in [0, 0.05) is 29.9 Å². The van der Waals surface area contributed by atoms with E-state index in [1.54, 1.807) is 38.4 Å². The van der Waals surface area contributed by atoms with E-state index in [4.69, 9.17) is 16.3 Å². The van der Waals surface area contributed by atoms with E-state index in [2.05, 4.69) is 10.6 Å². The average molecular weight is 446 g/mol. The summed E-state index contributed by atoms with van der Waals surface area (Å²) >= 11 is 7.57. The van der Waals surface area contributed by atoms with E-state index in [0.717, 1.165) is 10.1 Å². The number of anilines is 1. The van der Waals surface area contributed by atoms with Gasteiger partial charge in [-0.3, -0.25) is 14.4 Å². The number of likely N-dealkylation sites (N-methyl/N-ethyl adjacent to an activating group) is 1. The van der Waals surface area contributed by atoms with Gasteiger partial charge in [0.1, 0.15) is 10.6 Å². The first kappa shape index (κ1) is 21.6. The first-order chi connectivity index (χ1) is 14.3. The largest absolute Gasteiger partial charge is 0.484 e. The highest BCUT2D eigenvalue weighted by molar-refractivity contribution is 7.21. The Morgan fingerprint density at radius 3 is 2.43 bits per heavy atom. The van der Waals surface area contributed by atoms with Crippen molar-refractivity contribution in [3.63, 3.8) is 0 Å². The zero-order chi connectivity index (χ0) is 21.7. The molecule has 3 rings (SSSR count). The number of carbonyl (C=O) groups excluding carboxylic acids is 3. The highest BCUT2D eigenvalue weighted by atomic mass is 35.5. The molecule has 156 valence electrons. The summed E-state index contributed by atoms with van der Waals surface area (Å²) in [7, 11) is 3.30. The fraction of sp³-hybridized carbons (Fsp3) is 0.190. The molecule has 0 aliphatic carbocycles. The zero-order valence-electron chi connectivity index (χ0n) is 16.4. The number of fused-ring (bicyclic) bond motifs is 1. The van der Waals surface area contributed by atoms with Crippen molar-refractivity contribution in [2.24, 2.45) is 0 Å². The molecule has 0 bridgehead atoms. The zero-order valence-corrected chi connectivity index (χ0v) is 18.0. The van der Waals surface area contributed by atoms with Gasteiger partial charge in [-0.15, -0.1) is 11.3 Å². The number of nitrogens with one attached hydrogen (secondary N) is 2. The van der Waals surface area contributed by atoms with E-state index in [-0.39, 0.29) is 25.0 Å². The lowest BCUT2D eigenvalue weighted by Gasteiger charge is -2.12. The number of ether oxygens (including phenoxy) is 1. The van der Waals surface area contributed by atoms with Crippen molar-refractivity contribution < 1.29 is 19.1 Å².